The Hall–Kier alpha value is -0.650. The van der Waals surface area contributed by atoms with Crippen LogP contribution in [0.15, 0.2) is 22.7 Å². The third-order valence-corrected chi connectivity index (χ3v) is 4.14. The predicted molar refractivity (Wildman–Crippen MR) is 83.5 cm³/mol. The van der Waals surface area contributed by atoms with E-state index in [1.165, 1.54) is 18.6 Å². The third-order valence-electron chi connectivity index (χ3n) is 3.37. The molecule has 0 radical (unpaired) electrons. The fourth-order valence-corrected chi connectivity index (χ4v) is 2.66. The smallest absolute Gasteiger partial charge is 0.220 e. The van der Waals surface area contributed by atoms with Gasteiger partial charge in [-0.1, -0.05) is 15.9 Å². The van der Waals surface area contributed by atoms with Crippen molar-refractivity contribution in [2.45, 2.75) is 38.3 Å². The van der Waals surface area contributed by atoms with Gasteiger partial charge in [-0.25, -0.2) is 4.39 Å². The molecule has 1 fully saturated rings. The van der Waals surface area contributed by atoms with E-state index in [9.17, 15) is 9.18 Å². The van der Waals surface area contributed by atoms with E-state index >= 15 is 0 Å². The van der Waals surface area contributed by atoms with Gasteiger partial charge >= 0.3 is 0 Å². The molecule has 1 heterocycles. The average Bonchev–Trinajstić information content (AvgIpc) is 2.90. The minimum Gasteiger partial charge on any atom is -0.352 e. The van der Waals surface area contributed by atoms with Crippen LogP contribution in [0.4, 0.5) is 4.39 Å². The number of halogens is 3. The first-order valence-corrected chi connectivity index (χ1v) is 7.38. The standard InChI is InChI=1S/C14H18BrFN2O.ClH/c15-13-5-3-11(16)8-10(13)9-18-14(19)6-4-12-2-1-7-17-12;/h3,5,8,12,17H,1-2,4,6-7,9H2,(H,18,19);1H. The molecule has 1 amide bonds. The van der Waals surface area contributed by atoms with Gasteiger partial charge in [0, 0.05) is 23.5 Å². The van der Waals surface area contributed by atoms with Gasteiger partial charge in [-0.05, 0) is 49.6 Å². The zero-order chi connectivity index (χ0) is 13.7. The highest BCUT2D eigenvalue weighted by atomic mass is 79.9. The Labute approximate surface area is 133 Å². The van der Waals surface area contributed by atoms with Gasteiger partial charge in [0.05, 0.1) is 0 Å². The first kappa shape index (κ1) is 17.4. The molecule has 1 saturated heterocycles. The van der Waals surface area contributed by atoms with Gasteiger partial charge in [0.25, 0.3) is 0 Å². The number of hydrogen-bond donors (Lipinski definition) is 2. The molecule has 0 aromatic heterocycles. The molecule has 0 spiro atoms. The summed E-state index contributed by atoms with van der Waals surface area (Å²) in [7, 11) is 0. The first-order chi connectivity index (χ1) is 9.15. The maximum atomic E-state index is 13.1. The van der Waals surface area contributed by atoms with Gasteiger partial charge in [-0.3, -0.25) is 4.79 Å². The van der Waals surface area contributed by atoms with Crippen LogP contribution in [-0.2, 0) is 11.3 Å². The van der Waals surface area contributed by atoms with Crippen LogP contribution in [0.5, 0.6) is 0 Å². The molecule has 1 aromatic carbocycles. The molecule has 1 aliphatic rings. The van der Waals surface area contributed by atoms with Crippen molar-refractivity contribution in [3.63, 3.8) is 0 Å². The topological polar surface area (TPSA) is 41.1 Å². The van der Waals surface area contributed by atoms with Crippen molar-refractivity contribution < 1.29 is 9.18 Å². The maximum Gasteiger partial charge on any atom is 0.220 e. The lowest BCUT2D eigenvalue weighted by atomic mass is 10.1. The lowest BCUT2D eigenvalue weighted by Gasteiger charge is -2.10. The largest absolute Gasteiger partial charge is 0.352 e. The van der Waals surface area contributed by atoms with Crippen LogP contribution < -0.4 is 10.6 Å². The van der Waals surface area contributed by atoms with Gasteiger partial charge < -0.3 is 10.6 Å². The van der Waals surface area contributed by atoms with Crippen LogP contribution in [0.25, 0.3) is 0 Å². The van der Waals surface area contributed by atoms with Crippen LogP contribution >= 0.6 is 28.3 Å². The number of benzene rings is 1. The highest BCUT2D eigenvalue weighted by Gasteiger charge is 2.15. The lowest BCUT2D eigenvalue weighted by molar-refractivity contribution is -0.121. The number of amides is 1. The highest BCUT2D eigenvalue weighted by Crippen LogP contribution is 2.17. The number of nitrogens with one attached hydrogen (secondary N) is 2. The van der Waals surface area contributed by atoms with Crippen LogP contribution in [0.2, 0.25) is 0 Å². The first-order valence-electron chi connectivity index (χ1n) is 6.59. The molecule has 0 aliphatic carbocycles. The van der Waals surface area contributed by atoms with Crippen molar-refractivity contribution in [2.24, 2.45) is 0 Å². The fraction of sp³-hybridized carbons (Fsp3) is 0.500. The Kier molecular flexibility index (Phi) is 7.48. The summed E-state index contributed by atoms with van der Waals surface area (Å²) in [6, 6.07) is 4.95. The monoisotopic (exact) mass is 364 g/mol. The number of hydrogen-bond acceptors (Lipinski definition) is 2. The molecule has 3 nitrogen and oxygen atoms in total. The van der Waals surface area contributed by atoms with Crippen molar-refractivity contribution in [1.82, 2.24) is 10.6 Å². The van der Waals surface area contributed by atoms with Gasteiger partial charge in [0.1, 0.15) is 5.82 Å². The normalized spacial score (nSPS) is 17.6. The van der Waals surface area contributed by atoms with E-state index < -0.39 is 0 Å². The molecule has 6 heteroatoms. The van der Waals surface area contributed by atoms with E-state index in [1.807, 2.05) is 0 Å². The summed E-state index contributed by atoms with van der Waals surface area (Å²) < 4.78 is 13.9. The van der Waals surface area contributed by atoms with E-state index in [1.54, 1.807) is 6.07 Å². The van der Waals surface area contributed by atoms with Crippen LogP contribution in [0.3, 0.4) is 0 Å². The summed E-state index contributed by atoms with van der Waals surface area (Å²) in [5.74, 6) is -0.271. The minimum atomic E-state index is -0.289. The van der Waals surface area contributed by atoms with Crippen LogP contribution in [-0.4, -0.2) is 18.5 Å². The van der Waals surface area contributed by atoms with E-state index in [0.29, 0.717) is 19.0 Å². The molecule has 1 atom stereocenters. The summed E-state index contributed by atoms with van der Waals surface area (Å²) in [4.78, 5) is 11.7. The molecule has 20 heavy (non-hydrogen) atoms. The molecular weight excluding hydrogens is 347 g/mol. The van der Waals surface area contributed by atoms with Crippen molar-refractivity contribution in [3.05, 3.63) is 34.1 Å². The van der Waals surface area contributed by atoms with Gasteiger partial charge in [0.2, 0.25) is 5.91 Å². The second-order valence-corrected chi connectivity index (χ2v) is 5.70. The summed E-state index contributed by atoms with van der Waals surface area (Å²) in [5.41, 5.74) is 0.757. The van der Waals surface area contributed by atoms with E-state index in [0.717, 1.165) is 29.4 Å². The molecule has 1 unspecified atom stereocenters. The number of carbonyl (C=O) groups excluding carboxylic acids is 1. The fourth-order valence-electron chi connectivity index (χ4n) is 2.27. The SMILES string of the molecule is Cl.O=C(CCC1CCCN1)NCc1cc(F)ccc1Br. The quantitative estimate of drug-likeness (QED) is 0.841. The maximum absolute atomic E-state index is 13.1. The Bertz CT molecular complexity index is 453. The van der Waals surface area contributed by atoms with E-state index in [-0.39, 0.29) is 24.1 Å². The zero-order valence-corrected chi connectivity index (χ0v) is 13.5. The second-order valence-electron chi connectivity index (χ2n) is 4.84. The summed E-state index contributed by atoms with van der Waals surface area (Å²) in [6.07, 6.45) is 3.74. The number of carbonyl (C=O) groups is 1. The molecular formula is C14H19BrClFN2O. The zero-order valence-electron chi connectivity index (χ0n) is 11.1. The molecule has 2 rings (SSSR count). The Morgan fingerprint density at radius 1 is 1.50 bits per heavy atom. The Morgan fingerprint density at radius 2 is 2.30 bits per heavy atom. The van der Waals surface area contributed by atoms with Crippen LogP contribution in [0.1, 0.15) is 31.2 Å². The van der Waals surface area contributed by atoms with Crippen molar-refractivity contribution in [1.29, 1.82) is 0 Å². The van der Waals surface area contributed by atoms with Crippen LogP contribution in [0, 0.1) is 5.82 Å². The molecule has 1 aromatic rings. The minimum absolute atomic E-state index is 0. The molecule has 2 N–H and O–H groups in total. The summed E-state index contributed by atoms with van der Waals surface area (Å²) in [6.45, 7) is 1.41. The average molecular weight is 366 g/mol. The van der Waals surface area contributed by atoms with Crippen molar-refractivity contribution >= 4 is 34.2 Å². The highest BCUT2D eigenvalue weighted by molar-refractivity contribution is 9.10. The van der Waals surface area contributed by atoms with Gasteiger partial charge in [-0.2, -0.15) is 0 Å². The molecule has 1 aliphatic heterocycles. The third kappa shape index (κ3) is 5.38. The van der Waals surface area contributed by atoms with Crippen molar-refractivity contribution in [2.75, 3.05) is 6.54 Å². The number of rotatable bonds is 5. The van der Waals surface area contributed by atoms with E-state index in [4.69, 9.17) is 0 Å². The Morgan fingerprint density at radius 3 is 3.00 bits per heavy atom. The summed E-state index contributed by atoms with van der Waals surface area (Å²) >= 11 is 3.35. The van der Waals surface area contributed by atoms with E-state index in [2.05, 4.69) is 26.6 Å². The second kappa shape index (κ2) is 8.60. The predicted octanol–water partition coefficient (Wildman–Crippen LogP) is 3.16. The van der Waals surface area contributed by atoms with Gasteiger partial charge in [-0.15, -0.1) is 12.4 Å². The van der Waals surface area contributed by atoms with Crippen molar-refractivity contribution in [3.8, 4) is 0 Å². The summed E-state index contributed by atoms with van der Waals surface area (Å²) in [5, 5.41) is 6.19. The molecule has 0 bridgehead atoms. The van der Waals surface area contributed by atoms with Gasteiger partial charge in [0.15, 0.2) is 0 Å². The Balaban J connectivity index is 0.00000200. The molecule has 0 saturated carbocycles. The molecule has 112 valence electrons. The lowest BCUT2D eigenvalue weighted by Crippen LogP contribution is -2.27.